The summed E-state index contributed by atoms with van der Waals surface area (Å²) in [5.74, 6) is 0. The average Bonchev–Trinajstić information content (AvgIpc) is 3.79. The Morgan fingerprint density at radius 1 is 0.468 bits per heavy atom. The third-order valence-corrected chi connectivity index (χ3v) is 14.6. The SMILES string of the molecule is Cc1cc2c3c(c1)N(c1ccc(C(C)(C)C)cc1)c1c(n(-c4ccccc4)c4c1ccc1sc5ccccc5c14)B3c1cc(C(C)(C)C)ccc1N2c1ccc(C(C)(C)C)cc1. The lowest BCUT2D eigenvalue weighted by Gasteiger charge is -2.44. The first kappa shape index (κ1) is 38.9. The van der Waals surface area contributed by atoms with Crippen LogP contribution in [-0.4, -0.2) is 11.3 Å². The van der Waals surface area contributed by atoms with Crippen molar-refractivity contribution in [3.63, 3.8) is 0 Å². The molecule has 2 aliphatic heterocycles. The zero-order valence-electron chi connectivity index (χ0n) is 37.7. The summed E-state index contributed by atoms with van der Waals surface area (Å²) >= 11 is 1.90. The maximum atomic E-state index is 2.65. The Kier molecular flexibility index (Phi) is 8.45. The zero-order chi connectivity index (χ0) is 43.0. The van der Waals surface area contributed by atoms with E-state index in [-0.39, 0.29) is 23.0 Å². The van der Waals surface area contributed by atoms with Gasteiger partial charge in [-0.15, -0.1) is 11.3 Å². The maximum Gasteiger partial charge on any atom is 0.273 e. The van der Waals surface area contributed by atoms with E-state index in [2.05, 4.69) is 229 Å². The van der Waals surface area contributed by atoms with Crippen LogP contribution in [0.1, 0.15) is 84.6 Å². The largest absolute Gasteiger partial charge is 0.319 e. The minimum atomic E-state index is -0.0596. The Hall–Kier alpha value is -6.04. The van der Waals surface area contributed by atoms with E-state index < -0.39 is 0 Å². The van der Waals surface area contributed by atoms with Crippen molar-refractivity contribution >= 4 is 99.8 Å². The number of hydrogen-bond acceptors (Lipinski definition) is 3. The summed E-state index contributed by atoms with van der Waals surface area (Å²) in [6.07, 6.45) is 0. The molecule has 2 aromatic heterocycles. The van der Waals surface area contributed by atoms with E-state index in [1.165, 1.54) is 110 Å². The molecule has 2 aliphatic rings. The highest BCUT2D eigenvalue weighted by atomic mass is 32.1. The summed E-state index contributed by atoms with van der Waals surface area (Å²) in [5, 5.41) is 3.90. The molecule has 5 heteroatoms. The molecule has 3 nitrogen and oxygen atoms in total. The molecule has 0 saturated heterocycles. The van der Waals surface area contributed by atoms with Crippen molar-refractivity contribution in [3.8, 4) is 5.69 Å². The molecule has 0 atom stereocenters. The van der Waals surface area contributed by atoms with Crippen LogP contribution in [0, 0.1) is 6.92 Å². The second-order valence-electron chi connectivity index (χ2n) is 20.8. The Labute approximate surface area is 371 Å². The van der Waals surface area contributed by atoms with Crippen molar-refractivity contribution in [3.05, 3.63) is 168 Å². The third kappa shape index (κ3) is 5.84. The van der Waals surface area contributed by atoms with Gasteiger partial charge >= 0.3 is 0 Å². The standard InChI is InChI=1S/C57H54BN3S/c1-35-32-46-51-47(33-35)60(41-27-22-37(23-28-41)56(5,6)7)53-43-29-31-49-50(42-18-14-15-19-48(42)62-49)52(43)61(39-16-12-11-13-17-39)54(53)58(51)44-34-38(57(8,9)10)24-30-45(44)59(46)40-25-20-36(21-26-40)55(2,3)4/h11-34H,1-10H3. The molecule has 0 radical (unpaired) electrons. The molecular weight excluding hydrogens is 770 g/mol. The number of anilines is 6. The smallest absolute Gasteiger partial charge is 0.273 e. The lowest BCUT2D eigenvalue weighted by Crippen LogP contribution is -2.63. The molecule has 9 aromatic rings. The minimum Gasteiger partial charge on any atom is -0.319 e. The van der Waals surface area contributed by atoms with E-state index in [9.17, 15) is 0 Å². The Morgan fingerprint density at radius 3 is 1.66 bits per heavy atom. The predicted octanol–water partition coefficient (Wildman–Crippen LogP) is 14.3. The molecule has 4 heterocycles. The van der Waals surface area contributed by atoms with Crippen LogP contribution in [0.15, 0.2) is 146 Å². The molecule has 0 N–H and O–H groups in total. The number of aromatic nitrogens is 1. The molecule has 0 fully saturated rings. The minimum absolute atomic E-state index is 0.0334. The first-order valence-electron chi connectivity index (χ1n) is 22.2. The van der Waals surface area contributed by atoms with E-state index >= 15 is 0 Å². The summed E-state index contributed by atoms with van der Waals surface area (Å²) in [7, 11) is 0. The first-order chi connectivity index (χ1) is 29.6. The molecule has 306 valence electrons. The predicted molar refractivity (Wildman–Crippen MR) is 271 cm³/mol. The van der Waals surface area contributed by atoms with Gasteiger partial charge in [-0.1, -0.05) is 135 Å². The number of hydrogen-bond donors (Lipinski definition) is 0. The molecule has 0 bridgehead atoms. The van der Waals surface area contributed by atoms with Crippen molar-refractivity contribution in [1.82, 2.24) is 4.57 Å². The van der Waals surface area contributed by atoms with E-state index in [0.29, 0.717) is 0 Å². The molecule has 0 amide bonds. The lowest BCUT2D eigenvalue weighted by atomic mass is 9.34. The molecule has 0 saturated carbocycles. The molecule has 0 aliphatic carbocycles. The van der Waals surface area contributed by atoms with E-state index in [1.807, 2.05) is 11.3 Å². The van der Waals surface area contributed by atoms with Crippen molar-refractivity contribution in [2.24, 2.45) is 0 Å². The number of rotatable bonds is 3. The van der Waals surface area contributed by atoms with E-state index in [4.69, 9.17) is 0 Å². The van der Waals surface area contributed by atoms with E-state index in [1.54, 1.807) is 0 Å². The Balaban J connectivity index is 1.33. The molecular formula is C57H54BN3S. The Morgan fingerprint density at radius 2 is 1.03 bits per heavy atom. The van der Waals surface area contributed by atoms with Crippen LogP contribution in [0.2, 0.25) is 0 Å². The van der Waals surface area contributed by atoms with Gasteiger partial charge in [-0.3, -0.25) is 0 Å². The van der Waals surface area contributed by atoms with Crippen molar-refractivity contribution in [1.29, 1.82) is 0 Å². The zero-order valence-corrected chi connectivity index (χ0v) is 38.5. The van der Waals surface area contributed by atoms with Gasteiger partial charge in [0.05, 0.1) is 11.2 Å². The first-order valence-corrected chi connectivity index (χ1v) is 23.0. The number of aryl methyl sites for hydroxylation is 1. The van der Waals surface area contributed by atoms with Crippen LogP contribution in [0.5, 0.6) is 0 Å². The van der Waals surface area contributed by atoms with Gasteiger partial charge in [-0.05, 0) is 129 Å². The van der Waals surface area contributed by atoms with Gasteiger partial charge in [0.25, 0.3) is 6.71 Å². The second kappa shape index (κ2) is 13.5. The van der Waals surface area contributed by atoms with Gasteiger partial charge in [0.2, 0.25) is 0 Å². The van der Waals surface area contributed by atoms with Crippen molar-refractivity contribution in [2.75, 3.05) is 9.80 Å². The highest BCUT2D eigenvalue weighted by molar-refractivity contribution is 7.26. The number of benzene rings is 7. The van der Waals surface area contributed by atoms with Gasteiger partial charge in [-0.2, -0.15) is 0 Å². The van der Waals surface area contributed by atoms with Crippen LogP contribution < -0.4 is 26.3 Å². The lowest BCUT2D eigenvalue weighted by molar-refractivity contribution is 0.590. The highest BCUT2D eigenvalue weighted by Crippen LogP contribution is 2.50. The van der Waals surface area contributed by atoms with Gasteiger partial charge in [-0.25, -0.2) is 0 Å². The van der Waals surface area contributed by atoms with Crippen molar-refractivity contribution < 1.29 is 0 Å². The van der Waals surface area contributed by atoms with Crippen molar-refractivity contribution in [2.45, 2.75) is 85.5 Å². The normalized spacial score (nSPS) is 13.9. The average molecular weight is 824 g/mol. The van der Waals surface area contributed by atoms with Crippen LogP contribution in [0.3, 0.4) is 0 Å². The highest BCUT2D eigenvalue weighted by Gasteiger charge is 2.47. The molecule has 0 unspecified atom stereocenters. The topological polar surface area (TPSA) is 11.4 Å². The van der Waals surface area contributed by atoms with Gasteiger partial charge in [0.15, 0.2) is 0 Å². The van der Waals surface area contributed by atoms with E-state index in [0.717, 1.165) is 0 Å². The summed E-state index contributed by atoms with van der Waals surface area (Å²) in [6.45, 7) is 23.1. The van der Waals surface area contributed by atoms with Crippen LogP contribution in [0.25, 0.3) is 36.8 Å². The fourth-order valence-corrected chi connectivity index (χ4v) is 11.4. The molecule has 62 heavy (non-hydrogen) atoms. The van der Waals surface area contributed by atoms with Gasteiger partial charge < -0.3 is 14.4 Å². The summed E-state index contributed by atoms with van der Waals surface area (Å²) in [5.41, 5.74) is 19.0. The van der Waals surface area contributed by atoms with Crippen LogP contribution in [0.4, 0.5) is 34.1 Å². The fraction of sp³-hybridized carbons (Fsp3) is 0.228. The quantitative estimate of drug-likeness (QED) is 0.164. The summed E-state index contributed by atoms with van der Waals surface area (Å²) < 4.78 is 5.28. The second-order valence-corrected chi connectivity index (χ2v) is 21.9. The van der Waals surface area contributed by atoms with Crippen LogP contribution >= 0.6 is 11.3 Å². The van der Waals surface area contributed by atoms with Gasteiger partial charge in [0, 0.05) is 65.3 Å². The van der Waals surface area contributed by atoms with Crippen LogP contribution in [-0.2, 0) is 16.2 Å². The number of fused-ring (bicyclic) bond motifs is 10. The maximum absolute atomic E-state index is 2.65. The van der Waals surface area contributed by atoms with Gasteiger partial charge in [0.1, 0.15) is 0 Å². The third-order valence-electron chi connectivity index (χ3n) is 13.5. The Bertz CT molecular complexity index is 3240. The monoisotopic (exact) mass is 823 g/mol. The number of para-hydroxylation sites is 1. The molecule has 0 spiro atoms. The molecule has 7 aromatic carbocycles. The number of thiophene rings is 1. The molecule has 11 rings (SSSR count). The summed E-state index contributed by atoms with van der Waals surface area (Å²) in [4.78, 5) is 5.17. The summed E-state index contributed by atoms with van der Waals surface area (Å²) in [6, 6.07) is 55.9. The number of nitrogens with zero attached hydrogens (tertiary/aromatic N) is 3. The fourth-order valence-electron chi connectivity index (χ4n) is 10.3.